The zero-order valence-electron chi connectivity index (χ0n) is 16.4. The zero-order valence-corrected chi connectivity index (χ0v) is 19.6. The van der Waals surface area contributed by atoms with Gasteiger partial charge in [0.25, 0.3) is 0 Å². The van der Waals surface area contributed by atoms with Crippen molar-refractivity contribution in [2.45, 2.75) is 19.0 Å². The molecular formula is C22H19BrN4OS2. The first-order chi connectivity index (χ1) is 14.5. The van der Waals surface area contributed by atoms with Crippen LogP contribution in [0.15, 0.2) is 69.7 Å². The number of nitrogens with one attached hydrogen (secondary N) is 1. The third-order valence-electron chi connectivity index (χ3n) is 4.36. The Balaban J connectivity index is 1.61. The van der Waals surface area contributed by atoms with Gasteiger partial charge >= 0.3 is 0 Å². The second-order valence-corrected chi connectivity index (χ2v) is 9.45. The number of amides is 1. The van der Waals surface area contributed by atoms with Crippen LogP contribution in [-0.2, 0) is 4.79 Å². The highest BCUT2D eigenvalue weighted by atomic mass is 79.9. The molecule has 0 atom stereocenters. The van der Waals surface area contributed by atoms with E-state index >= 15 is 0 Å². The van der Waals surface area contributed by atoms with E-state index in [9.17, 15) is 4.79 Å². The van der Waals surface area contributed by atoms with Crippen LogP contribution in [0.3, 0.4) is 0 Å². The van der Waals surface area contributed by atoms with Crippen molar-refractivity contribution >= 4 is 50.1 Å². The van der Waals surface area contributed by atoms with Gasteiger partial charge in [-0.1, -0.05) is 57.5 Å². The molecule has 1 amide bonds. The van der Waals surface area contributed by atoms with E-state index < -0.39 is 0 Å². The van der Waals surface area contributed by atoms with Gasteiger partial charge in [0.2, 0.25) is 5.91 Å². The van der Waals surface area contributed by atoms with Crippen molar-refractivity contribution in [3.8, 4) is 16.9 Å². The largest absolute Gasteiger partial charge is 0.301 e. The molecule has 2 aromatic heterocycles. The number of anilines is 1. The number of rotatable bonds is 6. The maximum atomic E-state index is 12.4. The normalized spacial score (nSPS) is 10.9. The van der Waals surface area contributed by atoms with Crippen molar-refractivity contribution < 1.29 is 4.79 Å². The molecule has 4 aromatic rings. The quantitative estimate of drug-likeness (QED) is 0.326. The van der Waals surface area contributed by atoms with Crippen molar-refractivity contribution in [1.29, 1.82) is 0 Å². The molecule has 0 fully saturated rings. The van der Waals surface area contributed by atoms with Gasteiger partial charge in [-0.05, 0) is 38.1 Å². The second-order valence-electron chi connectivity index (χ2n) is 6.73. The Labute approximate surface area is 191 Å². The number of aromatic nitrogens is 3. The first kappa shape index (κ1) is 20.8. The van der Waals surface area contributed by atoms with E-state index in [2.05, 4.69) is 79.1 Å². The highest BCUT2D eigenvalue weighted by Gasteiger charge is 2.16. The summed E-state index contributed by atoms with van der Waals surface area (Å²) in [6.07, 6.45) is 1.85. The summed E-state index contributed by atoms with van der Waals surface area (Å²) in [5.41, 5.74) is 5.13. The van der Waals surface area contributed by atoms with Gasteiger partial charge in [-0.2, -0.15) is 0 Å². The summed E-state index contributed by atoms with van der Waals surface area (Å²) in [4.78, 5) is 21.3. The van der Waals surface area contributed by atoms with Crippen LogP contribution >= 0.6 is 39.0 Å². The van der Waals surface area contributed by atoms with Gasteiger partial charge in [0.15, 0.2) is 10.3 Å². The van der Waals surface area contributed by atoms with Gasteiger partial charge in [0, 0.05) is 21.1 Å². The smallest absolute Gasteiger partial charge is 0.236 e. The minimum absolute atomic E-state index is 0.0991. The van der Waals surface area contributed by atoms with Crippen LogP contribution in [0.4, 0.5) is 5.13 Å². The number of benzene rings is 2. The summed E-state index contributed by atoms with van der Waals surface area (Å²) >= 11 is 6.32. The standard InChI is InChI=1S/C22H19BrN4OS2/c1-14-3-9-18(10-4-14)27-19(16-5-7-17(23)8-6-16)11-24-22(27)30-13-20(28)26-21-25-15(2)12-29-21/h3-12H,13H2,1-2H3,(H,25,26,28). The van der Waals surface area contributed by atoms with Crippen LogP contribution in [0.25, 0.3) is 16.9 Å². The molecule has 30 heavy (non-hydrogen) atoms. The van der Waals surface area contributed by atoms with Gasteiger partial charge in [-0.3, -0.25) is 9.36 Å². The van der Waals surface area contributed by atoms with E-state index in [0.717, 1.165) is 32.3 Å². The monoisotopic (exact) mass is 498 g/mol. The minimum Gasteiger partial charge on any atom is -0.301 e. The van der Waals surface area contributed by atoms with E-state index in [1.807, 2.05) is 30.6 Å². The Bertz CT molecular complexity index is 1170. The third-order valence-corrected chi connectivity index (χ3v) is 6.72. The summed E-state index contributed by atoms with van der Waals surface area (Å²) in [5.74, 6) is 0.152. The summed E-state index contributed by atoms with van der Waals surface area (Å²) in [6, 6.07) is 16.4. The summed E-state index contributed by atoms with van der Waals surface area (Å²) in [6.45, 7) is 3.97. The average Bonchev–Trinajstić information content (AvgIpc) is 3.34. The van der Waals surface area contributed by atoms with Crippen molar-refractivity contribution in [3.63, 3.8) is 0 Å². The number of carbonyl (C=O) groups excluding carboxylic acids is 1. The van der Waals surface area contributed by atoms with Crippen molar-refractivity contribution in [3.05, 3.63) is 75.8 Å². The molecule has 1 N–H and O–H groups in total. The topological polar surface area (TPSA) is 59.8 Å². The first-order valence-electron chi connectivity index (χ1n) is 9.25. The highest BCUT2D eigenvalue weighted by Crippen LogP contribution is 2.31. The SMILES string of the molecule is Cc1ccc(-n2c(-c3ccc(Br)cc3)cnc2SCC(=O)Nc2nc(C)cs2)cc1. The number of hydrogen-bond acceptors (Lipinski definition) is 5. The maximum Gasteiger partial charge on any atom is 0.236 e. The molecule has 0 unspecified atom stereocenters. The summed E-state index contributed by atoms with van der Waals surface area (Å²) in [5, 5.41) is 6.15. The molecular weight excluding hydrogens is 480 g/mol. The van der Waals surface area contributed by atoms with Crippen LogP contribution in [0.2, 0.25) is 0 Å². The predicted octanol–water partition coefficient (Wildman–Crippen LogP) is 6.11. The molecule has 0 saturated heterocycles. The zero-order chi connectivity index (χ0) is 21.1. The molecule has 2 heterocycles. The Hall–Kier alpha value is -2.42. The predicted molar refractivity (Wildman–Crippen MR) is 128 cm³/mol. The number of imidazole rings is 1. The lowest BCUT2D eigenvalue weighted by Crippen LogP contribution is -2.14. The maximum absolute atomic E-state index is 12.4. The highest BCUT2D eigenvalue weighted by molar-refractivity contribution is 9.10. The fourth-order valence-corrected chi connectivity index (χ4v) is 4.66. The van der Waals surface area contributed by atoms with Gasteiger partial charge in [-0.25, -0.2) is 9.97 Å². The van der Waals surface area contributed by atoms with Crippen molar-refractivity contribution in [2.75, 3.05) is 11.1 Å². The number of hydrogen-bond donors (Lipinski definition) is 1. The molecule has 0 radical (unpaired) electrons. The van der Waals surface area contributed by atoms with Crippen LogP contribution in [0.1, 0.15) is 11.3 Å². The summed E-state index contributed by atoms with van der Waals surface area (Å²) < 4.78 is 3.12. The van der Waals surface area contributed by atoms with Crippen molar-refractivity contribution in [1.82, 2.24) is 14.5 Å². The Morgan fingerprint density at radius 2 is 1.87 bits per heavy atom. The molecule has 8 heteroatoms. The van der Waals surface area contributed by atoms with Crippen molar-refractivity contribution in [2.24, 2.45) is 0 Å². The fourth-order valence-electron chi connectivity index (χ4n) is 2.90. The number of halogens is 1. The molecule has 0 bridgehead atoms. The number of thiazole rings is 1. The number of carbonyl (C=O) groups is 1. The lowest BCUT2D eigenvalue weighted by Gasteiger charge is -2.12. The molecule has 0 aliphatic rings. The van der Waals surface area contributed by atoms with E-state index in [1.54, 1.807) is 0 Å². The third kappa shape index (κ3) is 4.83. The number of aryl methyl sites for hydroxylation is 2. The lowest BCUT2D eigenvalue weighted by molar-refractivity contribution is -0.113. The van der Waals surface area contributed by atoms with E-state index in [4.69, 9.17) is 0 Å². The Morgan fingerprint density at radius 1 is 1.13 bits per heavy atom. The summed E-state index contributed by atoms with van der Waals surface area (Å²) in [7, 11) is 0. The van der Waals surface area contributed by atoms with E-state index in [0.29, 0.717) is 5.13 Å². The average molecular weight is 499 g/mol. The molecule has 5 nitrogen and oxygen atoms in total. The molecule has 0 spiro atoms. The molecule has 4 rings (SSSR count). The molecule has 0 saturated carbocycles. The van der Waals surface area contributed by atoms with Crippen LogP contribution < -0.4 is 5.32 Å². The van der Waals surface area contributed by atoms with Gasteiger partial charge < -0.3 is 5.32 Å². The van der Waals surface area contributed by atoms with Gasteiger partial charge in [0.05, 0.1) is 23.3 Å². The molecule has 0 aliphatic heterocycles. The fraction of sp³-hybridized carbons (Fsp3) is 0.136. The Morgan fingerprint density at radius 3 is 2.53 bits per heavy atom. The van der Waals surface area contributed by atoms with Crippen LogP contribution in [0, 0.1) is 13.8 Å². The van der Waals surface area contributed by atoms with Crippen LogP contribution in [-0.4, -0.2) is 26.2 Å². The van der Waals surface area contributed by atoms with E-state index in [-0.39, 0.29) is 11.7 Å². The number of thioether (sulfide) groups is 1. The van der Waals surface area contributed by atoms with Gasteiger partial charge in [0.1, 0.15) is 0 Å². The molecule has 152 valence electrons. The second kappa shape index (κ2) is 9.16. The lowest BCUT2D eigenvalue weighted by atomic mass is 10.1. The van der Waals surface area contributed by atoms with E-state index in [1.165, 1.54) is 28.7 Å². The minimum atomic E-state index is -0.0991. The van der Waals surface area contributed by atoms with Crippen LogP contribution in [0.5, 0.6) is 0 Å². The van der Waals surface area contributed by atoms with Gasteiger partial charge in [-0.15, -0.1) is 11.3 Å². The Kier molecular flexibility index (Phi) is 6.36. The first-order valence-corrected chi connectivity index (χ1v) is 11.9. The molecule has 0 aliphatic carbocycles. The molecule has 2 aromatic carbocycles. The number of nitrogens with zero attached hydrogens (tertiary/aromatic N) is 3.